The highest BCUT2D eigenvalue weighted by molar-refractivity contribution is 9.11. The lowest BCUT2D eigenvalue weighted by atomic mass is 10.0. The molecule has 0 amide bonds. The number of pyridine rings is 1. The highest BCUT2D eigenvalue weighted by Crippen LogP contribution is 2.36. The van der Waals surface area contributed by atoms with Gasteiger partial charge in [-0.1, -0.05) is 12.1 Å². The molecule has 0 saturated carbocycles. The SMILES string of the molecule is N#Cc1ccc(-c2cc(-c3ccc(Br)s3)c(C#N)c(N)n2)cc1. The van der Waals surface area contributed by atoms with E-state index >= 15 is 0 Å². The van der Waals surface area contributed by atoms with Crippen molar-refractivity contribution in [2.24, 2.45) is 0 Å². The monoisotopic (exact) mass is 380 g/mol. The molecule has 110 valence electrons. The van der Waals surface area contributed by atoms with E-state index in [1.165, 1.54) is 11.3 Å². The Kier molecular flexibility index (Phi) is 4.12. The van der Waals surface area contributed by atoms with Crippen LogP contribution in [0.4, 0.5) is 5.82 Å². The minimum atomic E-state index is 0.203. The van der Waals surface area contributed by atoms with Gasteiger partial charge in [0.25, 0.3) is 0 Å². The van der Waals surface area contributed by atoms with Crippen LogP contribution < -0.4 is 5.73 Å². The lowest BCUT2D eigenvalue weighted by Crippen LogP contribution is -1.99. The summed E-state index contributed by atoms with van der Waals surface area (Å²) in [6.07, 6.45) is 0. The molecule has 0 spiro atoms. The first-order valence-electron chi connectivity index (χ1n) is 6.59. The number of hydrogen-bond donors (Lipinski definition) is 1. The quantitative estimate of drug-likeness (QED) is 0.705. The third-order valence-electron chi connectivity index (χ3n) is 3.31. The number of nitriles is 2. The Labute approximate surface area is 145 Å². The van der Waals surface area contributed by atoms with Crippen molar-refractivity contribution < 1.29 is 0 Å². The maximum Gasteiger partial charge on any atom is 0.142 e. The van der Waals surface area contributed by atoms with Crippen LogP contribution in [0.2, 0.25) is 0 Å². The zero-order chi connectivity index (χ0) is 16.4. The van der Waals surface area contributed by atoms with E-state index in [2.05, 4.69) is 33.1 Å². The number of benzene rings is 1. The van der Waals surface area contributed by atoms with Crippen LogP contribution >= 0.6 is 27.3 Å². The van der Waals surface area contributed by atoms with Crippen LogP contribution in [0.15, 0.2) is 46.3 Å². The average Bonchev–Trinajstić information content (AvgIpc) is 3.00. The third-order valence-corrected chi connectivity index (χ3v) is 4.96. The van der Waals surface area contributed by atoms with E-state index in [1.807, 2.05) is 30.3 Å². The van der Waals surface area contributed by atoms with E-state index in [1.54, 1.807) is 12.1 Å². The number of nitrogens with two attached hydrogens (primary N) is 1. The first kappa shape index (κ1) is 15.2. The largest absolute Gasteiger partial charge is 0.383 e. The number of rotatable bonds is 2. The summed E-state index contributed by atoms with van der Waals surface area (Å²) >= 11 is 4.96. The summed E-state index contributed by atoms with van der Waals surface area (Å²) in [6.45, 7) is 0. The molecule has 2 N–H and O–H groups in total. The second-order valence-corrected chi connectivity index (χ2v) is 7.18. The number of aromatic nitrogens is 1. The Hall–Kier alpha value is -2.67. The number of nitrogen functional groups attached to an aromatic ring is 1. The minimum absolute atomic E-state index is 0.203. The van der Waals surface area contributed by atoms with Gasteiger partial charge >= 0.3 is 0 Å². The lowest BCUT2D eigenvalue weighted by Gasteiger charge is -2.08. The van der Waals surface area contributed by atoms with Crippen molar-refractivity contribution >= 4 is 33.1 Å². The first-order chi connectivity index (χ1) is 11.1. The predicted octanol–water partition coefficient (Wildman–Crippen LogP) is 4.57. The summed E-state index contributed by atoms with van der Waals surface area (Å²) in [5, 5.41) is 18.3. The summed E-state index contributed by atoms with van der Waals surface area (Å²) in [5.74, 6) is 0.203. The van der Waals surface area contributed by atoms with E-state index in [9.17, 15) is 5.26 Å². The number of hydrogen-bond acceptors (Lipinski definition) is 5. The predicted molar refractivity (Wildman–Crippen MR) is 94.5 cm³/mol. The molecule has 23 heavy (non-hydrogen) atoms. The number of thiophene rings is 1. The maximum atomic E-state index is 9.38. The number of anilines is 1. The van der Waals surface area contributed by atoms with Crippen LogP contribution in [0.3, 0.4) is 0 Å². The van der Waals surface area contributed by atoms with Crippen LogP contribution in [0.25, 0.3) is 21.7 Å². The smallest absolute Gasteiger partial charge is 0.142 e. The van der Waals surface area contributed by atoms with Crippen molar-refractivity contribution in [3.63, 3.8) is 0 Å². The van der Waals surface area contributed by atoms with Gasteiger partial charge in [-0.2, -0.15) is 10.5 Å². The van der Waals surface area contributed by atoms with Crippen molar-refractivity contribution in [3.05, 3.63) is 57.4 Å². The fraction of sp³-hybridized carbons (Fsp3) is 0. The molecule has 4 nitrogen and oxygen atoms in total. The van der Waals surface area contributed by atoms with E-state index in [4.69, 9.17) is 11.0 Å². The molecule has 0 atom stereocenters. The molecule has 6 heteroatoms. The summed E-state index contributed by atoms with van der Waals surface area (Å²) in [6, 6.07) is 17.0. The van der Waals surface area contributed by atoms with Gasteiger partial charge in [-0.05, 0) is 46.3 Å². The summed E-state index contributed by atoms with van der Waals surface area (Å²) in [7, 11) is 0. The van der Waals surface area contributed by atoms with Crippen LogP contribution in [-0.2, 0) is 0 Å². The second kappa shape index (κ2) is 6.21. The van der Waals surface area contributed by atoms with E-state index in [0.29, 0.717) is 16.8 Å². The molecule has 2 aromatic heterocycles. The van der Waals surface area contributed by atoms with Crippen LogP contribution in [0.5, 0.6) is 0 Å². The molecule has 0 saturated heterocycles. The minimum Gasteiger partial charge on any atom is -0.383 e. The molecular formula is C17H9BrN4S. The average molecular weight is 381 g/mol. The van der Waals surface area contributed by atoms with Gasteiger partial charge in [-0.3, -0.25) is 0 Å². The third kappa shape index (κ3) is 2.95. The summed E-state index contributed by atoms with van der Waals surface area (Å²) in [4.78, 5) is 5.27. The van der Waals surface area contributed by atoms with Crippen molar-refractivity contribution in [1.82, 2.24) is 4.98 Å². The molecule has 0 aliphatic rings. The molecule has 3 rings (SSSR count). The van der Waals surface area contributed by atoms with Gasteiger partial charge in [0, 0.05) is 16.0 Å². The van der Waals surface area contributed by atoms with Crippen LogP contribution in [-0.4, -0.2) is 4.98 Å². The summed E-state index contributed by atoms with van der Waals surface area (Å²) < 4.78 is 0.978. The van der Waals surface area contributed by atoms with E-state index in [-0.39, 0.29) is 5.82 Å². The van der Waals surface area contributed by atoms with Crippen molar-refractivity contribution in [1.29, 1.82) is 10.5 Å². The Morgan fingerprint density at radius 3 is 2.35 bits per heavy atom. The lowest BCUT2D eigenvalue weighted by molar-refractivity contribution is 1.31. The highest BCUT2D eigenvalue weighted by atomic mass is 79.9. The van der Waals surface area contributed by atoms with Crippen LogP contribution in [0.1, 0.15) is 11.1 Å². The van der Waals surface area contributed by atoms with Gasteiger partial charge in [0.2, 0.25) is 0 Å². The van der Waals surface area contributed by atoms with Gasteiger partial charge in [-0.15, -0.1) is 11.3 Å². The zero-order valence-corrected chi connectivity index (χ0v) is 14.1. The Bertz CT molecular complexity index is 962. The zero-order valence-electron chi connectivity index (χ0n) is 11.7. The first-order valence-corrected chi connectivity index (χ1v) is 8.20. The van der Waals surface area contributed by atoms with E-state index < -0.39 is 0 Å². The van der Waals surface area contributed by atoms with Crippen molar-refractivity contribution in [2.75, 3.05) is 5.73 Å². The normalized spacial score (nSPS) is 10.0. The van der Waals surface area contributed by atoms with Gasteiger partial charge in [0.1, 0.15) is 17.5 Å². The molecule has 1 aromatic carbocycles. The standard InChI is InChI=1S/C17H9BrN4S/c18-16-6-5-15(23-16)12-7-14(22-17(21)13(12)9-20)11-3-1-10(8-19)2-4-11/h1-7H,(H2,21,22). The molecule has 3 aromatic rings. The molecule has 0 aliphatic heterocycles. The van der Waals surface area contributed by atoms with E-state index in [0.717, 1.165) is 19.8 Å². The van der Waals surface area contributed by atoms with Gasteiger partial charge < -0.3 is 5.73 Å². The molecule has 0 radical (unpaired) electrons. The fourth-order valence-corrected chi connectivity index (χ4v) is 3.61. The Morgan fingerprint density at radius 2 is 1.78 bits per heavy atom. The van der Waals surface area contributed by atoms with Gasteiger partial charge in [-0.25, -0.2) is 4.98 Å². The maximum absolute atomic E-state index is 9.38. The molecule has 0 bridgehead atoms. The highest BCUT2D eigenvalue weighted by Gasteiger charge is 2.14. The van der Waals surface area contributed by atoms with Crippen LogP contribution in [0, 0.1) is 22.7 Å². The van der Waals surface area contributed by atoms with Gasteiger partial charge in [0.05, 0.1) is 21.1 Å². The molecule has 0 fully saturated rings. The second-order valence-electron chi connectivity index (χ2n) is 4.72. The van der Waals surface area contributed by atoms with Crippen molar-refractivity contribution in [2.45, 2.75) is 0 Å². The van der Waals surface area contributed by atoms with Gasteiger partial charge in [0.15, 0.2) is 0 Å². The number of nitrogens with zero attached hydrogens (tertiary/aromatic N) is 3. The molecular weight excluding hydrogens is 372 g/mol. The summed E-state index contributed by atoms with van der Waals surface area (Å²) in [5.41, 5.74) is 9.21. The fourth-order valence-electron chi connectivity index (χ4n) is 2.20. The Balaban J connectivity index is 2.18. The Morgan fingerprint density at radius 1 is 1.04 bits per heavy atom. The van der Waals surface area contributed by atoms with Crippen molar-refractivity contribution in [3.8, 4) is 33.8 Å². The topological polar surface area (TPSA) is 86.5 Å². The number of halogens is 1. The molecule has 2 heterocycles. The molecule has 0 unspecified atom stereocenters. The molecule has 0 aliphatic carbocycles.